The number of benzene rings is 2. The van der Waals surface area contributed by atoms with Crippen molar-refractivity contribution in [2.24, 2.45) is 0 Å². The number of aryl methyl sites for hydroxylation is 1. The second kappa shape index (κ2) is 11.5. The monoisotopic (exact) mass is 569 g/mol. The van der Waals surface area contributed by atoms with Crippen molar-refractivity contribution in [3.05, 3.63) is 72.8 Å². The topological polar surface area (TPSA) is 108 Å². The van der Waals surface area contributed by atoms with E-state index in [1.807, 2.05) is 30.3 Å². The van der Waals surface area contributed by atoms with Crippen LogP contribution in [0.4, 0.5) is 17.1 Å². The summed E-state index contributed by atoms with van der Waals surface area (Å²) in [7, 11) is 2.14. The van der Waals surface area contributed by atoms with Gasteiger partial charge in [0.25, 0.3) is 5.22 Å². The lowest BCUT2D eigenvalue weighted by molar-refractivity contribution is 0.313. The number of likely N-dealkylation sites (N-methyl/N-ethyl adjacent to an activating group) is 1. The molecule has 0 atom stereocenters. The number of anilines is 3. The Hall–Kier alpha value is -4.13. The molecule has 1 fully saturated rings. The molecule has 0 bridgehead atoms. The van der Waals surface area contributed by atoms with Gasteiger partial charge in [0.1, 0.15) is 11.4 Å². The molecule has 10 nitrogen and oxygen atoms in total. The number of nitrogens with one attached hydrogen (secondary N) is 2. The fourth-order valence-corrected chi connectivity index (χ4v) is 5.45. The zero-order chi connectivity index (χ0) is 27.5. The average molecular weight is 570 g/mol. The third-order valence-corrected chi connectivity index (χ3v) is 7.76. The largest absolute Gasteiger partial charge is 0.411 e. The summed E-state index contributed by atoms with van der Waals surface area (Å²) in [4.78, 5) is 18.0. The molecule has 0 amide bonds. The van der Waals surface area contributed by atoms with Crippen LogP contribution in [-0.4, -0.2) is 68.4 Å². The molecule has 1 aliphatic heterocycles. The van der Waals surface area contributed by atoms with Gasteiger partial charge in [-0.1, -0.05) is 18.2 Å². The number of para-hydroxylation sites is 1. The summed E-state index contributed by atoms with van der Waals surface area (Å²) in [6, 6.07) is 15.9. The Balaban J connectivity index is 1.34. The van der Waals surface area contributed by atoms with Crippen LogP contribution >= 0.6 is 24.0 Å². The molecule has 202 valence electrons. The maximum Gasteiger partial charge on any atom is 0.283 e. The van der Waals surface area contributed by atoms with Crippen molar-refractivity contribution >= 4 is 57.1 Å². The lowest BCUT2D eigenvalue weighted by atomic mass is 10.1. The lowest BCUT2D eigenvalue weighted by Crippen LogP contribution is -2.44. The summed E-state index contributed by atoms with van der Waals surface area (Å²) in [5.74, 6) is 0.404. The first kappa shape index (κ1) is 26.1. The lowest BCUT2D eigenvalue weighted by Gasteiger charge is -2.35. The van der Waals surface area contributed by atoms with Crippen molar-refractivity contribution in [2.75, 3.05) is 48.8 Å². The van der Waals surface area contributed by atoms with E-state index in [1.54, 1.807) is 18.7 Å². The molecule has 2 N–H and O–H groups in total. The van der Waals surface area contributed by atoms with Crippen molar-refractivity contribution in [2.45, 2.75) is 17.2 Å². The Bertz CT molecular complexity index is 1650. The number of fused-ring (bicyclic) bond motifs is 1. The van der Waals surface area contributed by atoms with E-state index in [9.17, 15) is 0 Å². The standard InChI is InChI=1S/C28H27N9OS2/c1-18-6-3-4-8-21(18)32-27(39)33-23-14-20-22(15-24(23)37-12-10-36(2)11-13-37)30-17-31-26(20)40-28-35-34-25(38-28)19-7-5-9-29-16-19/h3-9,14-17H,10-13H2,1-2H3,(H2,32,33,39). The van der Waals surface area contributed by atoms with Crippen LogP contribution in [0.5, 0.6) is 0 Å². The molecule has 40 heavy (non-hydrogen) atoms. The maximum atomic E-state index is 5.90. The van der Waals surface area contributed by atoms with E-state index < -0.39 is 0 Å². The maximum absolute atomic E-state index is 5.90. The van der Waals surface area contributed by atoms with E-state index in [4.69, 9.17) is 16.6 Å². The van der Waals surface area contributed by atoms with Crippen molar-refractivity contribution in [3.63, 3.8) is 0 Å². The number of nitrogens with zero attached hydrogens (tertiary/aromatic N) is 7. The van der Waals surface area contributed by atoms with Gasteiger partial charge in [0, 0.05) is 49.6 Å². The zero-order valence-electron chi connectivity index (χ0n) is 22.0. The number of thiocarbonyl (C=S) groups is 1. The van der Waals surface area contributed by atoms with Gasteiger partial charge < -0.3 is 24.9 Å². The third-order valence-electron chi connectivity index (χ3n) is 6.70. The van der Waals surface area contributed by atoms with Crippen LogP contribution < -0.4 is 15.5 Å². The highest BCUT2D eigenvalue weighted by Gasteiger charge is 2.21. The molecule has 0 aliphatic carbocycles. The van der Waals surface area contributed by atoms with Crippen molar-refractivity contribution < 1.29 is 4.42 Å². The Labute approximate surface area is 241 Å². The summed E-state index contributed by atoms with van der Waals surface area (Å²) in [6.07, 6.45) is 4.95. The second-order valence-corrected chi connectivity index (χ2v) is 10.8. The third kappa shape index (κ3) is 5.74. The van der Waals surface area contributed by atoms with Crippen LogP contribution in [0.1, 0.15) is 5.56 Å². The number of rotatable bonds is 6. The molecule has 1 aliphatic rings. The minimum absolute atomic E-state index is 0.383. The number of piperazine rings is 1. The smallest absolute Gasteiger partial charge is 0.283 e. The Morgan fingerprint density at radius 2 is 1.80 bits per heavy atom. The highest BCUT2D eigenvalue weighted by atomic mass is 32.2. The van der Waals surface area contributed by atoms with E-state index in [1.165, 1.54) is 11.8 Å². The van der Waals surface area contributed by atoms with Gasteiger partial charge >= 0.3 is 0 Å². The highest BCUT2D eigenvalue weighted by molar-refractivity contribution is 7.99. The quantitative estimate of drug-likeness (QED) is 0.210. The fourth-order valence-electron chi connectivity index (χ4n) is 4.49. The van der Waals surface area contributed by atoms with Crippen molar-refractivity contribution in [1.82, 2.24) is 30.0 Å². The van der Waals surface area contributed by atoms with Crippen LogP contribution in [0.15, 0.2) is 81.9 Å². The van der Waals surface area contributed by atoms with Gasteiger partial charge in [-0.05, 0) is 73.8 Å². The highest BCUT2D eigenvalue weighted by Crippen LogP contribution is 2.37. The average Bonchev–Trinajstić information content (AvgIpc) is 3.44. The van der Waals surface area contributed by atoms with E-state index in [-0.39, 0.29) is 0 Å². The first-order valence-electron chi connectivity index (χ1n) is 12.8. The number of pyridine rings is 1. The van der Waals surface area contributed by atoms with Crippen LogP contribution in [0.3, 0.4) is 0 Å². The SMILES string of the molecule is Cc1ccccc1NC(=S)Nc1cc2c(Sc3nnc(-c4cccnc4)o3)ncnc2cc1N1CCN(C)CC1. The number of aromatic nitrogens is 5. The summed E-state index contributed by atoms with van der Waals surface area (Å²) < 4.78 is 5.90. The number of hydrogen-bond acceptors (Lipinski definition) is 10. The summed E-state index contributed by atoms with van der Waals surface area (Å²) in [5.41, 5.74) is 5.57. The Morgan fingerprint density at radius 3 is 2.60 bits per heavy atom. The fraction of sp³-hybridized carbons (Fsp3) is 0.214. The Morgan fingerprint density at radius 1 is 0.975 bits per heavy atom. The minimum atomic E-state index is 0.383. The summed E-state index contributed by atoms with van der Waals surface area (Å²) in [5, 5.41) is 17.6. The zero-order valence-corrected chi connectivity index (χ0v) is 23.7. The van der Waals surface area contributed by atoms with Gasteiger partial charge in [0.15, 0.2) is 5.11 Å². The Kier molecular flexibility index (Phi) is 7.53. The van der Waals surface area contributed by atoms with Crippen LogP contribution in [0.2, 0.25) is 0 Å². The van der Waals surface area contributed by atoms with Gasteiger partial charge in [-0.15, -0.1) is 10.2 Å². The van der Waals surface area contributed by atoms with Crippen molar-refractivity contribution in [1.29, 1.82) is 0 Å². The van der Waals surface area contributed by atoms with Gasteiger partial charge in [0.05, 0.1) is 22.5 Å². The molecule has 0 spiro atoms. The van der Waals surface area contributed by atoms with Crippen LogP contribution in [0.25, 0.3) is 22.4 Å². The van der Waals surface area contributed by atoms with E-state index in [2.05, 4.69) is 77.8 Å². The molecule has 12 heteroatoms. The van der Waals surface area contributed by atoms with Gasteiger partial charge in [-0.3, -0.25) is 4.98 Å². The van der Waals surface area contributed by atoms with E-state index in [0.29, 0.717) is 21.3 Å². The molecule has 1 saturated heterocycles. The molecule has 3 aromatic heterocycles. The molecule has 0 saturated carbocycles. The van der Waals surface area contributed by atoms with E-state index >= 15 is 0 Å². The normalized spacial score (nSPS) is 13.9. The molecule has 5 aromatic rings. The first-order valence-corrected chi connectivity index (χ1v) is 14.0. The van der Waals surface area contributed by atoms with Gasteiger partial charge in [0.2, 0.25) is 5.89 Å². The first-order chi connectivity index (χ1) is 19.5. The summed E-state index contributed by atoms with van der Waals surface area (Å²) in [6.45, 7) is 5.81. The molecule has 6 rings (SSSR count). The van der Waals surface area contributed by atoms with Crippen LogP contribution in [0, 0.1) is 6.92 Å². The number of hydrogen-bond donors (Lipinski definition) is 2. The molecule has 0 radical (unpaired) electrons. The molecule has 0 unspecified atom stereocenters. The molecular weight excluding hydrogens is 543 g/mol. The molecule has 2 aromatic carbocycles. The second-order valence-electron chi connectivity index (χ2n) is 9.47. The van der Waals surface area contributed by atoms with Crippen molar-refractivity contribution in [3.8, 4) is 11.5 Å². The van der Waals surface area contributed by atoms with Gasteiger partial charge in [-0.25, -0.2) is 9.97 Å². The summed E-state index contributed by atoms with van der Waals surface area (Å²) >= 11 is 7.04. The predicted octanol–water partition coefficient (Wildman–Crippen LogP) is 5.10. The van der Waals surface area contributed by atoms with E-state index in [0.717, 1.165) is 65.3 Å². The molecular formula is C28H27N9OS2. The van der Waals surface area contributed by atoms with Crippen LogP contribution in [-0.2, 0) is 0 Å². The molecule has 4 heterocycles. The van der Waals surface area contributed by atoms with Gasteiger partial charge in [-0.2, -0.15) is 0 Å². The predicted molar refractivity (Wildman–Crippen MR) is 162 cm³/mol. The minimum Gasteiger partial charge on any atom is -0.411 e.